The van der Waals surface area contributed by atoms with E-state index in [0.717, 1.165) is 38.5 Å². The molecule has 46 heavy (non-hydrogen) atoms. The predicted octanol–water partition coefficient (Wildman–Crippen LogP) is 0.471. The first-order valence-corrected chi connectivity index (χ1v) is 17.8. The average molecular weight is 677 g/mol. The third-order valence-corrected chi connectivity index (χ3v) is 8.07. The van der Waals surface area contributed by atoms with Crippen molar-refractivity contribution in [3.63, 3.8) is 0 Å². The van der Waals surface area contributed by atoms with E-state index < -0.39 is 46.7 Å². The Hall–Kier alpha value is -3.18. The quantitative estimate of drug-likeness (QED) is 0.0258. The second-order valence-electron chi connectivity index (χ2n) is 11.9. The second-order valence-corrected chi connectivity index (χ2v) is 13.2. The summed E-state index contributed by atoms with van der Waals surface area (Å²) < 4.78 is 35.9. The van der Waals surface area contributed by atoms with Gasteiger partial charge in [0.25, 0.3) is 0 Å². The first kappa shape index (κ1) is 42.8. The highest BCUT2D eigenvalue weighted by atomic mass is 32.2. The van der Waals surface area contributed by atoms with Gasteiger partial charge in [-0.2, -0.15) is 12.7 Å². The van der Waals surface area contributed by atoms with Gasteiger partial charge in [-0.05, 0) is 50.9 Å². The summed E-state index contributed by atoms with van der Waals surface area (Å²) >= 11 is 0. The molecule has 0 aliphatic carbocycles. The summed E-state index contributed by atoms with van der Waals surface area (Å²) in [5, 5.41) is 8.20. The third-order valence-electron chi connectivity index (χ3n) is 7.05. The standard InChI is InChI=1S/C29H60N10O6S/c1-4-5-6-7-9-14-23(20-25(40)34-15-10-8-11-17-36-28(30)31)39(46(43,44)45)21-26(41)38-24(19-22(2)3)27(42)35-16-12-13-18-37-29(32)33/h22-24H,4-21H2,1-3H3,(H,34,40)(H,35,42)(H,38,41)(H4,30,31,36)(H4,32,33,37)(H,43,44,45). The Morgan fingerprint density at radius 1 is 0.783 bits per heavy atom. The molecule has 0 aliphatic heterocycles. The van der Waals surface area contributed by atoms with Crippen molar-refractivity contribution in [2.45, 2.75) is 116 Å². The number of hydrogen-bond acceptors (Lipinski definition) is 7. The van der Waals surface area contributed by atoms with Crippen LogP contribution in [0.25, 0.3) is 0 Å². The van der Waals surface area contributed by atoms with Gasteiger partial charge in [0, 0.05) is 38.6 Å². The SMILES string of the molecule is CCCCCCCC(CC(=O)NCCCCCN=C(N)N)N(CC(=O)NC(CC(C)C)C(=O)NCCCCN=C(N)N)S(=O)(=O)O. The fraction of sp³-hybridized carbons (Fsp3) is 0.828. The topological polar surface area (TPSA) is 274 Å². The molecule has 0 radical (unpaired) electrons. The van der Waals surface area contributed by atoms with Crippen LogP contribution in [-0.2, 0) is 24.7 Å². The fourth-order valence-corrected chi connectivity index (χ4v) is 5.57. The molecule has 12 N–H and O–H groups in total. The number of unbranched alkanes of at least 4 members (excludes halogenated alkanes) is 7. The van der Waals surface area contributed by atoms with Crippen LogP contribution in [0.3, 0.4) is 0 Å². The largest absolute Gasteiger partial charge is 0.370 e. The summed E-state index contributed by atoms with van der Waals surface area (Å²) in [6, 6.07) is -1.87. The van der Waals surface area contributed by atoms with Crippen LogP contribution in [0.15, 0.2) is 9.98 Å². The van der Waals surface area contributed by atoms with Crippen molar-refractivity contribution in [1.82, 2.24) is 20.3 Å². The number of rotatable bonds is 27. The molecule has 0 aromatic heterocycles. The third kappa shape index (κ3) is 23.2. The van der Waals surface area contributed by atoms with Crippen LogP contribution in [0.5, 0.6) is 0 Å². The van der Waals surface area contributed by atoms with Crippen LogP contribution in [0, 0.1) is 5.92 Å². The van der Waals surface area contributed by atoms with Crippen LogP contribution in [0.1, 0.15) is 104 Å². The first-order chi connectivity index (χ1) is 21.7. The molecule has 17 heteroatoms. The van der Waals surface area contributed by atoms with Gasteiger partial charge in [0.1, 0.15) is 6.04 Å². The fourth-order valence-electron chi connectivity index (χ4n) is 4.73. The Labute approximate surface area is 275 Å². The van der Waals surface area contributed by atoms with E-state index in [1.54, 1.807) is 0 Å². The maximum atomic E-state index is 13.1. The number of hydrogen-bond donors (Lipinski definition) is 8. The maximum absolute atomic E-state index is 13.1. The molecule has 2 unspecified atom stereocenters. The van der Waals surface area contributed by atoms with Gasteiger partial charge >= 0.3 is 10.3 Å². The predicted molar refractivity (Wildman–Crippen MR) is 182 cm³/mol. The lowest BCUT2D eigenvalue weighted by Gasteiger charge is -2.29. The maximum Gasteiger partial charge on any atom is 0.336 e. The van der Waals surface area contributed by atoms with Crippen LogP contribution in [0.4, 0.5) is 0 Å². The van der Waals surface area contributed by atoms with Gasteiger partial charge < -0.3 is 38.9 Å². The van der Waals surface area contributed by atoms with E-state index in [2.05, 4.69) is 32.9 Å². The van der Waals surface area contributed by atoms with Crippen LogP contribution in [0.2, 0.25) is 0 Å². The summed E-state index contributed by atoms with van der Waals surface area (Å²) in [6.45, 7) is 6.75. The van der Waals surface area contributed by atoms with E-state index >= 15 is 0 Å². The van der Waals surface area contributed by atoms with E-state index in [1.807, 2.05) is 13.8 Å². The van der Waals surface area contributed by atoms with Gasteiger partial charge in [-0.1, -0.05) is 52.9 Å². The minimum absolute atomic E-state index is 0.00523. The summed E-state index contributed by atoms with van der Waals surface area (Å²) in [5.41, 5.74) is 21.2. The molecule has 0 rings (SSSR count). The molecule has 0 aliphatic rings. The van der Waals surface area contributed by atoms with E-state index in [9.17, 15) is 27.4 Å². The lowest BCUT2D eigenvalue weighted by atomic mass is 10.0. The Bertz CT molecular complexity index is 1050. The van der Waals surface area contributed by atoms with Crippen LogP contribution < -0.4 is 38.9 Å². The highest BCUT2D eigenvalue weighted by Gasteiger charge is 2.33. The number of aliphatic imine (C=N–C) groups is 2. The molecule has 16 nitrogen and oxygen atoms in total. The summed E-state index contributed by atoms with van der Waals surface area (Å²) in [6.07, 6.45) is 8.23. The molecular formula is C29H60N10O6S. The Balaban J connectivity index is 5.45. The van der Waals surface area contributed by atoms with Gasteiger partial charge in [0.15, 0.2) is 11.9 Å². The molecule has 3 amide bonds. The highest BCUT2D eigenvalue weighted by Crippen LogP contribution is 2.18. The zero-order valence-electron chi connectivity index (χ0n) is 28.0. The number of nitrogens with two attached hydrogens (primary N) is 4. The zero-order chi connectivity index (χ0) is 35.0. The number of carbonyl (C=O) groups excluding carboxylic acids is 3. The molecule has 0 fully saturated rings. The Morgan fingerprint density at radius 3 is 1.89 bits per heavy atom. The minimum atomic E-state index is -4.87. The number of nitrogens with zero attached hydrogens (tertiary/aromatic N) is 3. The van der Waals surface area contributed by atoms with Crippen molar-refractivity contribution in [1.29, 1.82) is 0 Å². The van der Waals surface area contributed by atoms with Crippen molar-refractivity contribution >= 4 is 39.9 Å². The summed E-state index contributed by atoms with van der Waals surface area (Å²) in [4.78, 5) is 46.7. The summed E-state index contributed by atoms with van der Waals surface area (Å²) in [7, 11) is -4.87. The smallest absolute Gasteiger partial charge is 0.336 e. The van der Waals surface area contributed by atoms with Gasteiger partial charge in [-0.3, -0.25) is 28.9 Å². The van der Waals surface area contributed by atoms with Gasteiger partial charge in [-0.25, -0.2) is 0 Å². The average Bonchev–Trinajstić information content (AvgIpc) is 2.95. The molecule has 0 saturated carbocycles. The normalized spacial score (nSPS) is 12.7. The van der Waals surface area contributed by atoms with E-state index in [1.165, 1.54) is 0 Å². The van der Waals surface area contributed by atoms with Gasteiger partial charge in [0.05, 0.1) is 6.54 Å². The number of nitrogens with one attached hydrogen (secondary N) is 3. The Kier molecular flexibility index (Phi) is 23.2. The highest BCUT2D eigenvalue weighted by molar-refractivity contribution is 7.83. The molecule has 268 valence electrons. The first-order valence-electron chi connectivity index (χ1n) is 16.4. The number of carbonyl (C=O) groups is 3. The van der Waals surface area contributed by atoms with Crippen LogP contribution in [-0.4, -0.2) is 91.7 Å². The van der Waals surface area contributed by atoms with E-state index in [4.69, 9.17) is 22.9 Å². The zero-order valence-corrected chi connectivity index (χ0v) is 28.8. The molecule has 0 aromatic rings. The van der Waals surface area contributed by atoms with Gasteiger partial charge in [0.2, 0.25) is 17.7 Å². The molecule has 0 aromatic carbocycles. The molecular weight excluding hydrogens is 616 g/mol. The molecule has 0 saturated heterocycles. The minimum Gasteiger partial charge on any atom is -0.370 e. The van der Waals surface area contributed by atoms with Crippen molar-refractivity contribution in [2.75, 3.05) is 32.7 Å². The second kappa shape index (κ2) is 25.0. The van der Waals surface area contributed by atoms with E-state index in [-0.39, 0.29) is 30.7 Å². The summed E-state index contributed by atoms with van der Waals surface area (Å²) in [5.74, 6) is -1.50. The Morgan fingerprint density at radius 2 is 1.33 bits per heavy atom. The molecule has 0 bridgehead atoms. The lowest BCUT2D eigenvalue weighted by molar-refractivity contribution is -0.129. The monoisotopic (exact) mass is 676 g/mol. The molecule has 0 spiro atoms. The van der Waals surface area contributed by atoms with Crippen molar-refractivity contribution in [3.8, 4) is 0 Å². The van der Waals surface area contributed by atoms with Crippen molar-refractivity contribution < 1.29 is 27.4 Å². The van der Waals surface area contributed by atoms with Crippen molar-refractivity contribution in [2.24, 2.45) is 38.8 Å². The lowest BCUT2D eigenvalue weighted by Crippen LogP contribution is -2.52. The molecule has 2 atom stereocenters. The number of guanidine groups is 2. The van der Waals surface area contributed by atoms with Gasteiger partial charge in [-0.15, -0.1) is 0 Å². The molecule has 0 heterocycles. The van der Waals surface area contributed by atoms with Crippen LogP contribution >= 0.6 is 0 Å². The van der Waals surface area contributed by atoms with Crippen molar-refractivity contribution in [3.05, 3.63) is 0 Å². The van der Waals surface area contributed by atoms with E-state index in [0.29, 0.717) is 62.6 Å². The number of amides is 3.